The molecule has 0 aromatic heterocycles. The first kappa shape index (κ1) is 6.92. The summed E-state index contributed by atoms with van der Waals surface area (Å²) in [5.41, 5.74) is 1.96. The maximum Gasteiger partial charge on any atom is 0.0869 e. The Morgan fingerprint density at radius 3 is 2.43 bits per heavy atom. The molecule has 0 unspecified atom stereocenters. The lowest BCUT2D eigenvalue weighted by Gasteiger charge is -2.03. The summed E-state index contributed by atoms with van der Waals surface area (Å²) in [5.74, 6) is 0. The maximum absolute atomic E-state index is 3.62. The largest absolute Gasteiger partial charge is 0.312 e. The molecule has 2 radical (unpaired) electrons. The van der Waals surface area contributed by atoms with E-state index in [4.69, 9.17) is 0 Å². The van der Waals surface area contributed by atoms with Gasteiger partial charge < -0.3 is 4.90 Å². The van der Waals surface area contributed by atoms with Crippen LogP contribution in [-0.2, 0) is 0 Å². The summed E-state index contributed by atoms with van der Waals surface area (Å²) >= 11 is 0. The summed E-state index contributed by atoms with van der Waals surface area (Å²) in [5, 5.41) is 0. The van der Waals surface area contributed by atoms with Crippen LogP contribution in [-0.4, -0.2) is 34.7 Å². The second-order valence-corrected chi connectivity index (χ2v) is 2.78. The molecule has 0 aromatic rings. The minimum atomic E-state index is 0.885. The second-order valence-electron chi connectivity index (χ2n) is 1.65. The van der Waals surface area contributed by atoms with Gasteiger partial charge in [-0.25, -0.2) is 0 Å². The summed E-state index contributed by atoms with van der Waals surface area (Å²) < 4.78 is 0. The summed E-state index contributed by atoms with van der Waals surface area (Å²) in [4.78, 5) is 2.15. The van der Waals surface area contributed by atoms with E-state index in [9.17, 15) is 0 Å². The smallest absolute Gasteiger partial charge is 0.0869 e. The van der Waals surface area contributed by atoms with Crippen molar-refractivity contribution in [3.8, 4) is 0 Å². The van der Waals surface area contributed by atoms with Crippen molar-refractivity contribution in [2.24, 2.45) is 0 Å². The SMILES string of the molecule is C=C[Si]CN(C)C. The van der Waals surface area contributed by atoms with Crippen LogP contribution < -0.4 is 0 Å². The van der Waals surface area contributed by atoms with Gasteiger partial charge in [0.1, 0.15) is 0 Å². The van der Waals surface area contributed by atoms with E-state index < -0.39 is 0 Å². The minimum Gasteiger partial charge on any atom is -0.312 e. The van der Waals surface area contributed by atoms with E-state index >= 15 is 0 Å². The molecular formula is C5H11NSi. The molecule has 0 aliphatic rings. The Balaban J connectivity index is 2.81. The third kappa shape index (κ3) is 5.92. The van der Waals surface area contributed by atoms with Gasteiger partial charge >= 0.3 is 0 Å². The third-order valence-electron chi connectivity index (χ3n) is 0.552. The molecule has 0 aromatic carbocycles. The van der Waals surface area contributed by atoms with E-state index in [1.54, 1.807) is 0 Å². The highest BCUT2D eigenvalue weighted by Crippen LogP contribution is 1.68. The lowest BCUT2D eigenvalue weighted by molar-refractivity contribution is 0.478. The van der Waals surface area contributed by atoms with Gasteiger partial charge in [0.2, 0.25) is 0 Å². The third-order valence-corrected chi connectivity index (χ3v) is 1.66. The molecule has 2 heteroatoms. The highest BCUT2D eigenvalue weighted by atomic mass is 28.2. The highest BCUT2D eigenvalue weighted by molar-refractivity contribution is 6.41. The van der Waals surface area contributed by atoms with E-state index in [2.05, 4.69) is 25.6 Å². The zero-order valence-electron chi connectivity index (χ0n) is 4.94. The average molecular weight is 113 g/mol. The van der Waals surface area contributed by atoms with Gasteiger partial charge in [0.25, 0.3) is 0 Å². The van der Waals surface area contributed by atoms with E-state index in [0.29, 0.717) is 0 Å². The molecule has 1 nitrogen and oxygen atoms in total. The molecule has 0 amide bonds. The lowest BCUT2D eigenvalue weighted by Crippen LogP contribution is -2.17. The standard InChI is InChI=1S/C5H11NSi/c1-4-7-5-6(2)3/h4H,1,5H2,2-3H3. The number of nitrogens with zero attached hydrogens (tertiary/aromatic N) is 1. The fraction of sp³-hybridized carbons (Fsp3) is 0.600. The number of hydrogen-bond donors (Lipinski definition) is 0. The lowest BCUT2D eigenvalue weighted by atomic mass is 11.0. The van der Waals surface area contributed by atoms with Crippen LogP contribution in [0.15, 0.2) is 12.3 Å². The first-order valence-electron chi connectivity index (χ1n) is 2.26. The Morgan fingerprint density at radius 1 is 1.71 bits per heavy atom. The zero-order chi connectivity index (χ0) is 5.70. The van der Waals surface area contributed by atoms with Crippen LogP contribution in [0.2, 0.25) is 0 Å². The van der Waals surface area contributed by atoms with Gasteiger partial charge in [-0.3, -0.25) is 0 Å². The first-order valence-corrected chi connectivity index (χ1v) is 3.55. The van der Waals surface area contributed by atoms with Gasteiger partial charge in [0.05, 0.1) is 9.52 Å². The molecular weight excluding hydrogens is 102 g/mol. The van der Waals surface area contributed by atoms with Gasteiger partial charge in [-0.2, -0.15) is 0 Å². The van der Waals surface area contributed by atoms with Gasteiger partial charge in [-0.1, -0.05) is 0 Å². The van der Waals surface area contributed by atoms with Crippen LogP contribution in [0.5, 0.6) is 0 Å². The summed E-state index contributed by atoms with van der Waals surface area (Å²) in [6.07, 6.45) is 1.14. The normalized spacial score (nSPS) is 9.57. The summed E-state index contributed by atoms with van der Waals surface area (Å²) in [7, 11) is 5.02. The zero-order valence-corrected chi connectivity index (χ0v) is 5.94. The maximum atomic E-state index is 3.62. The molecule has 0 atom stereocenters. The van der Waals surface area contributed by atoms with Crippen molar-refractivity contribution < 1.29 is 0 Å². The molecule has 0 heterocycles. The number of hydrogen-bond acceptors (Lipinski definition) is 1. The van der Waals surface area contributed by atoms with Crippen LogP contribution >= 0.6 is 0 Å². The van der Waals surface area contributed by atoms with E-state index in [0.717, 1.165) is 15.7 Å². The quantitative estimate of drug-likeness (QED) is 0.477. The predicted octanol–water partition coefficient (Wildman–Crippen LogP) is 0.353. The molecule has 0 saturated carbocycles. The fourth-order valence-corrected chi connectivity index (χ4v) is 0.741. The summed E-state index contributed by atoms with van der Waals surface area (Å²) in [6, 6.07) is 0. The van der Waals surface area contributed by atoms with E-state index in [-0.39, 0.29) is 0 Å². The summed E-state index contributed by atoms with van der Waals surface area (Å²) in [6.45, 7) is 3.62. The molecule has 7 heavy (non-hydrogen) atoms. The van der Waals surface area contributed by atoms with E-state index in [1.165, 1.54) is 0 Å². The molecule has 0 aliphatic carbocycles. The molecule has 0 N–H and O–H groups in total. The van der Waals surface area contributed by atoms with Crippen molar-refractivity contribution >= 4 is 9.52 Å². The van der Waals surface area contributed by atoms with Crippen molar-refractivity contribution in [1.29, 1.82) is 0 Å². The Kier molecular flexibility index (Phi) is 4.04. The van der Waals surface area contributed by atoms with Crippen molar-refractivity contribution in [3.05, 3.63) is 12.3 Å². The van der Waals surface area contributed by atoms with Crippen LogP contribution in [0, 0.1) is 0 Å². The first-order chi connectivity index (χ1) is 3.27. The molecule has 40 valence electrons. The van der Waals surface area contributed by atoms with Gasteiger partial charge in [0, 0.05) is 0 Å². The Labute approximate surface area is 47.8 Å². The molecule has 0 saturated heterocycles. The van der Waals surface area contributed by atoms with Crippen molar-refractivity contribution in [2.45, 2.75) is 0 Å². The molecule has 0 spiro atoms. The minimum absolute atomic E-state index is 0.885. The second kappa shape index (κ2) is 4.09. The fourth-order valence-electron chi connectivity index (χ4n) is 0.247. The van der Waals surface area contributed by atoms with Gasteiger partial charge in [0.15, 0.2) is 0 Å². The topological polar surface area (TPSA) is 3.24 Å². The predicted molar refractivity (Wildman–Crippen MR) is 34.5 cm³/mol. The molecule has 0 bridgehead atoms. The van der Waals surface area contributed by atoms with Gasteiger partial charge in [-0.05, 0) is 20.3 Å². The van der Waals surface area contributed by atoms with Crippen molar-refractivity contribution in [2.75, 3.05) is 20.3 Å². The monoisotopic (exact) mass is 113 g/mol. The van der Waals surface area contributed by atoms with Crippen molar-refractivity contribution in [1.82, 2.24) is 4.90 Å². The van der Waals surface area contributed by atoms with Crippen LogP contribution in [0.3, 0.4) is 0 Å². The Hall–Kier alpha value is -0.0831. The average Bonchev–Trinajstić information content (AvgIpc) is 1.61. The van der Waals surface area contributed by atoms with Crippen LogP contribution in [0.4, 0.5) is 0 Å². The number of rotatable bonds is 3. The Morgan fingerprint density at radius 2 is 2.29 bits per heavy atom. The Bertz CT molecular complexity index is 52.0. The van der Waals surface area contributed by atoms with Crippen LogP contribution in [0.1, 0.15) is 0 Å². The van der Waals surface area contributed by atoms with Crippen LogP contribution in [0.25, 0.3) is 0 Å². The molecule has 0 fully saturated rings. The molecule has 0 rings (SSSR count). The molecule has 0 aliphatic heterocycles. The highest BCUT2D eigenvalue weighted by Gasteiger charge is 1.83. The van der Waals surface area contributed by atoms with Crippen molar-refractivity contribution in [3.63, 3.8) is 0 Å². The van der Waals surface area contributed by atoms with Gasteiger partial charge in [-0.15, -0.1) is 12.3 Å². The van der Waals surface area contributed by atoms with E-state index in [1.807, 2.05) is 5.70 Å².